The number of sulfonamides is 1. The molecule has 1 atom stereocenters. The predicted octanol–water partition coefficient (Wildman–Crippen LogP) is 2.75. The van der Waals surface area contributed by atoms with E-state index in [-0.39, 0.29) is 22.3 Å². The molecule has 0 saturated carbocycles. The molecule has 0 spiro atoms. The smallest absolute Gasteiger partial charge is 0.264 e. The van der Waals surface area contributed by atoms with Crippen LogP contribution in [0.3, 0.4) is 0 Å². The highest BCUT2D eigenvalue weighted by atomic mass is 35.5. The minimum atomic E-state index is -3.81. The van der Waals surface area contributed by atoms with Gasteiger partial charge in [-0.05, 0) is 29.8 Å². The minimum Gasteiger partial charge on any atom is -0.264 e. The fraction of sp³-hybridized carbons (Fsp3) is 0.188. The Balaban J connectivity index is 1.96. The quantitative estimate of drug-likeness (QED) is 0.708. The van der Waals surface area contributed by atoms with Crippen LogP contribution >= 0.6 is 23.2 Å². The van der Waals surface area contributed by atoms with Crippen molar-refractivity contribution in [1.29, 1.82) is 0 Å². The maximum atomic E-state index is 12.1. The number of hydrogen-bond donors (Lipinski definition) is 1. The summed E-state index contributed by atoms with van der Waals surface area (Å²) in [5, 5.41) is 0.540. The first-order valence-electron chi connectivity index (χ1n) is 7.57. The van der Waals surface area contributed by atoms with Crippen molar-refractivity contribution >= 4 is 49.2 Å². The van der Waals surface area contributed by atoms with Crippen LogP contribution in [0.5, 0.6) is 0 Å². The van der Waals surface area contributed by atoms with Gasteiger partial charge in [-0.25, -0.2) is 8.42 Å². The molecule has 0 bridgehead atoms. The lowest BCUT2D eigenvalue weighted by Gasteiger charge is -2.15. The van der Waals surface area contributed by atoms with E-state index in [1.54, 1.807) is 24.3 Å². The molecule has 3 rings (SSSR count). The van der Waals surface area contributed by atoms with Crippen molar-refractivity contribution in [3.05, 3.63) is 63.6 Å². The van der Waals surface area contributed by atoms with E-state index in [2.05, 4.69) is 9.71 Å². The van der Waals surface area contributed by atoms with Gasteiger partial charge >= 0.3 is 0 Å². The number of amidine groups is 1. The Morgan fingerprint density at radius 1 is 1.15 bits per heavy atom. The Labute approximate surface area is 167 Å². The van der Waals surface area contributed by atoms with E-state index >= 15 is 0 Å². The van der Waals surface area contributed by atoms with Crippen molar-refractivity contribution in [3.8, 4) is 0 Å². The van der Waals surface area contributed by atoms with Gasteiger partial charge in [0.25, 0.3) is 20.1 Å². The number of halogens is 2. The van der Waals surface area contributed by atoms with Crippen LogP contribution in [0, 0.1) is 0 Å². The third-order valence-electron chi connectivity index (χ3n) is 3.68. The number of aliphatic imine (C=N–C) groups is 1. The van der Waals surface area contributed by atoms with Crippen LogP contribution in [-0.2, 0) is 24.3 Å². The molecule has 27 heavy (non-hydrogen) atoms. The van der Waals surface area contributed by atoms with Crippen LogP contribution in [0.15, 0.2) is 52.4 Å². The molecule has 1 aliphatic rings. The van der Waals surface area contributed by atoms with Crippen LogP contribution in [0.1, 0.15) is 17.2 Å². The molecule has 0 radical (unpaired) electrons. The molecule has 0 fully saturated rings. The standard InChI is InChI=1S/C16H14Cl2N2O5S2/c1-26(21,22)25-14(10-6-7-12(17)13(18)8-10)9-19-16-11-4-2-3-5-15(11)27(23,24)20-16/h2-8,14H,9H2,1H3,(H,19,20). The molecule has 0 saturated heterocycles. The molecule has 0 aromatic heterocycles. The van der Waals surface area contributed by atoms with Crippen LogP contribution < -0.4 is 4.72 Å². The summed E-state index contributed by atoms with van der Waals surface area (Å²) in [7, 11) is -7.50. The number of hydrogen-bond acceptors (Lipinski definition) is 6. The van der Waals surface area contributed by atoms with Gasteiger partial charge in [0.1, 0.15) is 11.9 Å². The summed E-state index contributed by atoms with van der Waals surface area (Å²) >= 11 is 11.9. The first-order valence-corrected chi connectivity index (χ1v) is 11.6. The molecule has 2 aromatic rings. The summed E-state index contributed by atoms with van der Waals surface area (Å²) < 4.78 is 55.0. The summed E-state index contributed by atoms with van der Waals surface area (Å²) in [4.78, 5) is 4.34. The average Bonchev–Trinajstić information content (AvgIpc) is 2.84. The van der Waals surface area contributed by atoms with E-state index in [9.17, 15) is 16.8 Å². The second-order valence-corrected chi connectivity index (χ2v) is 9.82. The van der Waals surface area contributed by atoms with E-state index < -0.39 is 26.2 Å². The molecule has 11 heteroatoms. The van der Waals surface area contributed by atoms with Crippen LogP contribution in [0.4, 0.5) is 0 Å². The van der Waals surface area contributed by atoms with Gasteiger partial charge in [0.2, 0.25) is 0 Å². The van der Waals surface area contributed by atoms with Crippen molar-refractivity contribution in [2.75, 3.05) is 12.8 Å². The first-order chi connectivity index (χ1) is 12.6. The van der Waals surface area contributed by atoms with Crippen molar-refractivity contribution in [3.63, 3.8) is 0 Å². The topological polar surface area (TPSA) is 102 Å². The van der Waals surface area contributed by atoms with Crippen molar-refractivity contribution < 1.29 is 21.0 Å². The lowest BCUT2D eigenvalue weighted by atomic mass is 10.1. The number of benzene rings is 2. The summed E-state index contributed by atoms with van der Waals surface area (Å²) in [6, 6.07) is 10.9. The van der Waals surface area contributed by atoms with E-state index in [4.69, 9.17) is 27.4 Å². The maximum absolute atomic E-state index is 12.1. The molecular weight excluding hydrogens is 435 g/mol. The van der Waals surface area contributed by atoms with Gasteiger partial charge in [-0.15, -0.1) is 0 Å². The molecule has 1 heterocycles. The van der Waals surface area contributed by atoms with Crippen LogP contribution in [-0.4, -0.2) is 35.5 Å². The van der Waals surface area contributed by atoms with Gasteiger partial charge in [-0.1, -0.05) is 41.4 Å². The van der Waals surface area contributed by atoms with Gasteiger partial charge in [-0.3, -0.25) is 13.9 Å². The summed E-state index contributed by atoms with van der Waals surface area (Å²) in [6.07, 6.45) is -0.0855. The van der Waals surface area contributed by atoms with E-state index in [1.165, 1.54) is 18.2 Å². The molecule has 0 aliphatic carbocycles. The normalized spacial score (nSPS) is 18.1. The second kappa shape index (κ2) is 7.40. The third-order valence-corrected chi connectivity index (χ3v) is 6.40. The third kappa shape index (κ3) is 4.61. The molecule has 1 unspecified atom stereocenters. The summed E-state index contributed by atoms with van der Waals surface area (Å²) in [5.41, 5.74) is 0.845. The first kappa shape index (κ1) is 20.1. The monoisotopic (exact) mass is 448 g/mol. The fourth-order valence-corrected chi connectivity index (χ4v) is 4.69. The number of nitrogens with zero attached hydrogens (tertiary/aromatic N) is 1. The Kier molecular flexibility index (Phi) is 5.51. The zero-order valence-electron chi connectivity index (χ0n) is 13.9. The Morgan fingerprint density at radius 2 is 1.85 bits per heavy atom. The van der Waals surface area contributed by atoms with E-state index in [0.29, 0.717) is 16.1 Å². The van der Waals surface area contributed by atoms with Crippen molar-refractivity contribution in [1.82, 2.24) is 4.72 Å². The summed E-state index contributed by atoms with van der Waals surface area (Å²) in [6.45, 7) is -0.156. The van der Waals surface area contributed by atoms with E-state index in [0.717, 1.165) is 6.26 Å². The molecule has 0 amide bonds. The SMILES string of the molecule is CS(=O)(=O)OC(CN=C1NS(=O)(=O)c2ccccc21)c1ccc(Cl)c(Cl)c1. The van der Waals surface area contributed by atoms with Gasteiger partial charge in [0.05, 0.1) is 27.7 Å². The van der Waals surface area contributed by atoms with Crippen molar-refractivity contribution in [2.24, 2.45) is 4.99 Å². The van der Waals surface area contributed by atoms with Gasteiger partial charge in [0, 0.05) is 5.56 Å². The molecular formula is C16H14Cl2N2O5S2. The highest BCUT2D eigenvalue weighted by Gasteiger charge is 2.30. The Morgan fingerprint density at radius 3 is 2.52 bits per heavy atom. The van der Waals surface area contributed by atoms with Crippen LogP contribution in [0.2, 0.25) is 10.0 Å². The highest BCUT2D eigenvalue weighted by molar-refractivity contribution is 7.90. The zero-order chi connectivity index (χ0) is 19.8. The second-order valence-electron chi connectivity index (χ2n) is 5.75. The molecule has 144 valence electrons. The number of rotatable bonds is 5. The lowest BCUT2D eigenvalue weighted by Crippen LogP contribution is -2.23. The summed E-state index contributed by atoms with van der Waals surface area (Å²) in [5.74, 6) is 0.118. The van der Waals surface area contributed by atoms with Crippen molar-refractivity contribution in [2.45, 2.75) is 11.0 Å². The fourth-order valence-electron chi connectivity index (χ4n) is 2.54. The molecule has 7 nitrogen and oxygen atoms in total. The van der Waals surface area contributed by atoms with Crippen LogP contribution in [0.25, 0.3) is 0 Å². The van der Waals surface area contributed by atoms with E-state index in [1.807, 2.05) is 0 Å². The lowest BCUT2D eigenvalue weighted by molar-refractivity contribution is 0.224. The number of nitrogens with one attached hydrogen (secondary N) is 1. The number of fused-ring (bicyclic) bond motifs is 1. The Bertz CT molecular complexity index is 1130. The molecule has 2 aromatic carbocycles. The highest BCUT2D eigenvalue weighted by Crippen LogP contribution is 2.29. The minimum absolute atomic E-state index is 0.110. The zero-order valence-corrected chi connectivity index (χ0v) is 17.0. The predicted molar refractivity (Wildman–Crippen MR) is 103 cm³/mol. The molecule has 1 aliphatic heterocycles. The van der Waals surface area contributed by atoms with Gasteiger partial charge < -0.3 is 0 Å². The largest absolute Gasteiger partial charge is 0.265 e. The average molecular weight is 449 g/mol. The Hall–Kier alpha value is -1.65. The van der Waals surface area contributed by atoms with Gasteiger partial charge in [0.15, 0.2) is 0 Å². The molecule has 1 N–H and O–H groups in total. The maximum Gasteiger partial charge on any atom is 0.265 e. The van der Waals surface area contributed by atoms with Gasteiger partial charge in [-0.2, -0.15) is 8.42 Å².